The van der Waals surface area contributed by atoms with Crippen molar-refractivity contribution in [1.82, 2.24) is 15.1 Å². The molecule has 0 aliphatic rings. The van der Waals surface area contributed by atoms with E-state index in [-0.39, 0.29) is 12.3 Å². The maximum atomic E-state index is 6.36. The van der Waals surface area contributed by atoms with Gasteiger partial charge in [0.25, 0.3) is 0 Å². The van der Waals surface area contributed by atoms with Crippen LogP contribution in [0.15, 0.2) is 0 Å². The van der Waals surface area contributed by atoms with Gasteiger partial charge < -0.3 is 14.8 Å². The fourth-order valence-corrected chi connectivity index (χ4v) is 2.43. The predicted molar refractivity (Wildman–Crippen MR) is 81.2 cm³/mol. The summed E-state index contributed by atoms with van der Waals surface area (Å²) in [6.07, 6.45) is 0.431. The molecule has 1 aromatic rings. The highest BCUT2D eigenvalue weighted by Crippen LogP contribution is 2.22. The molecule has 0 aliphatic heterocycles. The Kier molecular flexibility index (Phi) is 7.51. The molecule has 1 rings (SSSR count). The quantitative estimate of drug-likeness (QED) is 0.712. The summed E-state index contributed by atoms with van der Waals surface area (Å²) >= 11 is 6.36. The highest BCUT2D eigenvalue weighted by molar-refractivity contribution is 6.31. The molecule has 0 aromatic carbocycles. The smallest absolute Gasteiger partial charge is 0.173 e. The van der Waals surface area contributed by atoms with Crippen LogP contribution in [0.25, 0.3) is 0 Å². The maximum Gasteiger partial charge on any atom is 0.173 e. The predicted octanol–water partition coefficient (Wildman–Crippen LogP) is 2.39. The van der Waals surface area contributed by atoms with E-state index in [2.05, 4.69) is 17.3 Å². The summed E-state index contributed by atoms with van der Waals surface area (Å²) in [5.74, 6) is 0. The van der Waals surface area contributed by atoms with Gasteiger partial charge in [-0.2, -0.15) is 5.10 Å². The Bertz CT molecular complexity index is 403. The molecule has 1 heterocycles. The van der Waals surface area contributed by atoms with Crippen LogP contribution >= 0.6 is 11.6 Å². The van der Waals surface area contributed by atoms with Gasteiger partial charge in [-0.15, -0.1) is 0 Å². The lowest BCUT2D eigenvalue weighted by Gasteiger charge is -2.26. The molecule has 0 radical (unpaired) electrons. The van der Waals surface area contributed by atoms with Crippen molar-refractivity contribution in [2.75, 3.05) is 20.3 Å². The molecule has 1 unspecified atom stereocenters. The Morgan fingerprint density at radius 1 is 1.25 bits per heavy atom. The summed E-state index contributed by atoms with van der Waals surface area (Å²) in [4.78, 5) is 0. The molecule has 0 saturated carbocycles. The van der Waals surface area contributed by atoms with E-state index >= 15 is 0 Å². The van der Waals surface area contributed by atoms with Crippen molar-refractivity contribution in [2.45, 2.75) is 53.0 Å². The van der Waals surface area contributed by atoms with Crippen LogP contribution in [0.1, 0.15) is 32.2 Å². The number of aromatic nitrogens is 2. The summed E-state index contributed by atoms with van der Waals surface area (Å²) in [6, 6.07) is 0.0359. The average molecular weight is 304 g/mol. The van der Waals surface area contributed by atoms with Crippen molar-refractivity contribution < 1.29 is 9.47 Å². The van der Waals surface area contributed by atoms with E-state index < -0.39 is 0 Å². The molecule has 0 bridgehead atoms. The summed E-state index contributed by atoms with van der Waals surface area (Å²) in [5, 5.41) is 8.44. The van der Waals surface area contributed by atoms with Crippen LogP contribution in [0.3, 0.4) is 0 Å². The van der Waals surface area contributed by atoms with Crippen LogP contribution in [0.5, 0.6) is 0 Å². The highest BCUT2D eigenvalue weighted by Gasteiger charge is 2.24. The minimum atomic E-state index is -0.286. The number of likely N-dealkylation sites (N-methyl/N-ethyl adjacent to an activating group) is 1. The monoisotopic (exact) mass is 303 g/mol. The van der Waals surface area contributed by atoms with Crippen LogP contribution in [0.4, 0.5) is 0 Å². The number of nitrogens with zero attached hydrogens (tertiary/aromatic N) is 2. The van der Waals surface area contributed by atoms with Gasteiger partial charge in [0.1, 0.15) is 0 Å². The van der Waals surface area contributed by atoms with Crippen LogP contribution in [-0.2, 0) is 22.4 Å². The first-order chi connectivity index (χ1) is 9.58. The lowest BCUT2D eigenvalue weighted by molar-refractivity contribution is -0.153. The summed E-state index contributed by atoms with van der Waals surface area (Å²) in [7, 11) is 1.91. The van der Waals surface area contributed by atoms with E-state index in [0.29, 0.717) is 19.6 Å². The van der Waals surface area contributed by atoms with E-state index in [1.165, 1.54) is 0 Å². The van der Waals surface area contributed by atoms with E-state index in [4.69, 9.17) is 21.1 Å². The highest BCUT2D eigenvalue weighted by atomic mass is 35.5. The van der Waals surface area contributed by atoms with Crippen LogP contribution in [-0.4, -0.2) is 42.4 Å². The van der Waals surface area contributed by atoms with E-state index in [9.17, 15) is 0 Å². The third kappa shape index (κ3) is 4.19. The van der Waals surface area contributed by atoms with Crippen molar-refractivity contribution in [3.63, 3.8) is 0 Å². The first-order valence-electron chi connectivity index (χ1n) is 7.21. The first kappa shape index (κ1) is 17.4. The van der Waals surface area contributed by atoms with E-state index in [1.54, 1.807) is 0 Å². The number of hydrogen-bond donors (Lipinski definition) is 1. The van der Waals surface area contributed by atoms with Crippen molar-refractivity contribution >= 4 is 11.6 Å². The number of hydrogen-bond acceptors (Lipinski definition) is 4. The first-order valence-corrected chi connectivity index (χ1v) is 7.58. The third-order valence-electron chi connectivity index (χ3n) is 3.23. The summed E-state index contributed by atoms with van der Waals surface area (Å²) in [6.45, 7) is 9.94. The van der Waals surface area contributed by atoms with Crippen molar-refractivity contribution in [3.8, 4) is 0 Å². The molecule has 0 fully saturated rings. The SMILES string of the molecule is CCOC(OCC)C(Cc1c(Cl)c(C)nn1CC)NC. The van der Waals surface area contributed by atoms with Gasteiger partial charge in [0.2, 0.25) is 0 Å². The van der Waals surface area contributed by atoms with Crippen molar-refractivity contribution in [2.24, 2.45) is 0 Å². The number of nitrogens with one attached hydrogen (secondary N) is 1. The number of halogens is 1. The summed E-state index contributed by atoms with van der Waals surface area (Å²) in [5.41, 5.74) is 1.89. The Morgan fingerprint density at radius 2 is 1.85 bits per heavy atom. The Labute approximate surface area is 126 Å². The zero-order valence-electron chi connectivity index (χ0n) is 13.1. The van der Waals surface area contributed by atoms with Gasteiger partial charge in [0.15, 0.2) is 6.29 Å². The fourth-order valence-electron chi connectivity index (χ4n) is 2.22. The second kappa shape index (κ2) is 8.62. The molecule has 5 nitrogen and oxygen atoms in total. The van der Waals surface area contributed by atoms with Gasteiger partial charge in [0, 0.05) is 26.2 Å². The number of aryl methyl sites for hydroxylation is 2. The molecule has 20 heavy (non-hydrogen) atoms. The minimum absolute atomic E-state index is 0.0359. The van der Waals surface area contributed by atoms with Crippen LogP contribution in [0.2, 0.25) is 5.02 Å². The average Bonchev–Trinajstić information content (AvgIpc) is 2.71. The molecule has 0 aliphatic carbocycles. The van der Waals surface area contributed by atoms with Crippen LogP contribution in [0, 0.1) is 6.92 Å². The third-order valence-corrected chi connectivity index (χ3v) is 3.72. The topological polar surface area (TPSA) is 48.3 Å². The standard InChI is InChI=1S/C14H26ClN3O2/c1-6-18-12(13(15)10(4)17-18)9-11(16-5)14(19-7-2)20-8-3/h11,14,16H,6-9H2,1-5H3. The zero-order chi connectivity index (χ0) is 15.1. The van der Waals surface area contributed by atoms with Crippen molar-refractivity contribution in [1.29, 1.82) is 0 Å². The Morgan fingerprint density at radius 3 is 2.30 bits per heavy atom. The van der Waals surface area contributed by atoms with Gasteiger partial charge >= 0.3 is 0 Å². The zero-order valence-corrected chi connectivity index (χ0v) is 13.8. The lowest BCUT2D eigenvalue weighted by Crippen LogP contribution is -2.43. The normalized spacial score (nSPS) is 13.2. The van der Waals surface area contributed by atoms with Crippen molar-refractivity contribution in [3.05, 3.63) is 16.4 Å². The van der Waals surface area contributed by atoms with Gasteiger partial charge in [-0.3, -0.25) is 4.68 Å². The molecule has 1 aromatic heterocycles. The molecule has 1 N–H and O–H groups in total. The molecule has 1 atom stereocenters. The fraction of sp³-hybridized carbons (Fsp3) is 0.786. The maximum absolute atomic E-state index is 6.36. The Hall–Kier alpha value is -0.620. The molecular formula is C14H26ClN3O2. The minimum Gasteiger partial charge on any atom is -0.351 e. The largest absolute Gasteiger partial charge is 0.351 e. The Balaban J connectivity index is 2.91. The van der Waals surface area contributed by atoms with E-state index in [1.807, 2.05) is 32.5 Å². The van der Waals surface area contributed by atoms with Gasteiger partial charge in [0.05, 0.1) is 22.5 Å². The van der Waals surface area contributed by atoms with Gasteiger partial charge in [-0.1, -0.05) is 11.6 Å². The second-order valence-corrected chi connectivity index (χ2v) is 4.92. The second-order valence-electron chi connectivity index (χ2n) is 4.54. The van der Waals surface area contributed by atoms with E-state index in [0.717, 1.165) is 23.0 Å². The number of rotatable bonds is 9. The molecule has 0 saturated heterocycles. The summed E-state index contributed by atoms with van der Waals surface area (Å²) < 4.78 is 13.3. The van der Waals surface area contributed by atoms with Gasteiger partial charge in [-0.05, 0) is 34.7 Å². The molecular weight excluding hydrogens is 278 g/mol. The number of ether oxygens (including phenoxy) is 2. The van der Waals surface area contributed by atoms with Gasteiger partial charge in [-0.25, -0.2) is 0 Å². The van der Waals surface area contributed by atoms with Crippen LogP contribution < -0.4 is 5.32 Å². The molecule has 6 heteroatoms. The molecule has 116 valence electrons. The molecule has 0 spiro atoms. The lowest BCUT2D eigenvalue weighted by atomic mass is 10.1. The molecule has 0 amide bonds.